The predicted molar refractivity (Wildman–Crippen MR) is 114 cm³/mol. The zero-order valence-electron chi connectivity index (χ0n) is 17.1. The Morgan fingerprint density at radius 3 is 2.70 bits per heavy atom. The van der Waals surface area contributed by atoms with E-state index in [2.05, 4.69) is 15.4 Å². The Morgan fingerprint density at radius 1 is 1.30 bits per heavy atom. The molecule has 0 radical (unpaired) electrons. The topological polar surface area (TPSA) is 81.0 Å². The molecule has 2 atom stereocenters. The number of halogens is 1. The van der Waals surface area contributed by atoms with Crippen molar-refractivity contribution in [2.24, 2.45) is 0 Å². The van der Waals surface area contributed by atoms with E-state index in [1.807, 2.05) is 36.2 Å². The molecule has 9 heteroatoms. The lowest BCUT2D eigenvalue weighted by atomic mass is 9.89. The maximum atomic E-state index is 12.8. The summed E-state index contributed by atoms with van der Waals surface area (Å²) < 4.78 is 12.2. The molecule has 0 unspecified atom stereocenters. The van der Waals surface area contributed by atoms with Crippen LogP contribution < -0.4 is 15.0 Å². The van der Waals surface area contributed by atoms with Crippen LogP contribution in [0.4, 0.5) is 5.82 Å². The van der Waals surface area contributed by atoms with Crippen molar-refractivity contribution in [1.29, 1.82) is 0 Å². The molecule has 2 aromatic heterocycles. The number of methoxy groups -OCH3 is 2. The van der Waals surface area contributed by atoms with Gasteiger partial charge < -0.3 is 19.7 Å². The fraction of sp³-hybridized carbons (Fsp3) is 0.381. The highest BCUT2D eigenvalue weighted by molar-refractivity contribution is 6.29. The number of aromatic nitrogens is 3. The molecular formula is C21H24ClN5O3. The number of fused-ring (bicyclic) bond motifs is 1. The molecule has 4 rings (SSSR count). The molecule has 0 spiro atoms. The maximum Gasteiger partial charge on any atom is 0.257 e. The zero-order valence-corrected chi connectivity index (χ0v) is 17.9. The number of carbonyl (C=O) groups is 1. The van der Waals surface area contributed by atoms with Crippen molar-refractivity contribution < 1.29 is 14.3 Å². The van der Waals surface area contributed by atoms with Crippen molar-refractivity contribution in [2.75, 3.05) is 26.2 Å². The second-order valence-electron chi connectivity index (χ2n) is 7.37. The molecule has 0 bridgehead atoms. The summed E-state index contributed by atoms with van der Waals surface area (Å²) in [7, 11) is 5.24. The molecule has 1 aliphatic carbocycles. The average Bonchev–Trinajstić information content (AvgIpc) is 3.15. The predicted octanol–water partition coefficient (Wildman–Crippen LogP) is 2.93. The van der Waals surface area contributed by atoms with Crippen LogP contribution in [0.2, 0.25) is 5.15 Å². The van der Waals surface area contributed by atoms with Gasteiger partial charge in [-0.1, -0.05) is 23.7 Å². The monoisotopic (exact) mass is 429 g/mol. The summed E-state index contributed by atoms with van der Waals surface area (Å²) in [4.78, 5) is 19.2. The number of rotatable bonds is 7. The Morgan fingerprint density at radius 2 is 2.07 bits per heavy atom. The van der Waals surface area contributed by atoms with Gasteiger partial charge in [0.05, 0.1) is 25.5 Å². The number of hydrogen-bond acceptors (Lipinski definition) is 6. The first-order valence-corrected chi connectivity index (χ1v) is 10.1. The first kappa shape index (κ1) is 20.4. The van der Waals surface area contributed by atoms with Crippen LogP contribution in [0.25, 0.3) is 5.65 Å². The number of carbonyl (C=O) groups excluding carboxylic acids is 1. The molecule has 0 saturated heterocycles. The summed E-state index contributed by atoms with van der Waals surface area (Å²) in [6, 6.07) is 9.59. The summed E-state index contributed by atoms with van der Waals surface area (Å²) in [6.07, 6.45) is 3.42. The van der Waals surface area contributed by atoms with Crippen LogP contribution >= 0.6 is 11.6 Å². The second-order valence-corrected chi connectivity index (χ2v) is 7.75. The van der Waals surface area contributed by atoms with Crippen LogP contribution in [0.5, 0.6) is 5.75 Å². The highest BCUT2D eigenvalue weighted by Gasteiger charge is 2.33. The van der Waals surface area contributed by atoms with Crippen molar-refractivity contribution >= 4 is 29.0 Å². The van der Waals surface area contributed by atoms with E-state index in [0.29, 0.717) is 22.9 Å². The quantitative estimate of drug-likeness (QED) is 0.581. The van der Waals surface area contributed by atoms with Gasteiger partial charge in [-0.25, -0.2) is 4.98 Å². The number of nitrogens with zero attached hydrogens (tertiary/aromatic N) is 4. The Kier molecular flexibility index (Phi) is 5.78. The highest BCUT2D eigenvalue weighted by Crippen LogP contribution is 2.25. The van der Waals surface area contributed by atoms with Gasteiger partial charge in [-0.2, -0.15) is 9.61 Å². The average molecular weight is 430 g/mol. The third-order valence-electron chi connectivity index (χ3n) is 5.47. The molecule has 1 amide bonds. The van der Waals surface area contributed by atoms with Crippen LogP contribution in [0.3, 0.4) is 0 Å². The Balaban J connectivity index is 1.58. The maximum absolute atomic E-state index is 12.8. The normalized spacial score (nSPS) is 18.1. The highest BCUT2D eigenvalue weighted by atomic mass is 35.5. The zero-order chi connectivity index (χ0) is 21.3. The third kappa shape index (κ3) is 3.93. The van der Waals surface area contributed by atoms with Crippen LogP contribution in [-0.2, 0) is 11.3 Å². The molecule has 1 aromatic carbocycles. The molecule has 1 saturated carbocycles. The van der Waals surface area contributed by atoms with Crippen molar-refractivity contribution in [2.45, 2.75) is 31.5 Å². The van der Waals surface area contributed by atoms with Crippen molar-refractivity contribution in [3.63, 3.8) is 0 Å². The minimum Gasteiger partial charge on any atom is -0.497 e. The summed E-state index contributed by atoms with van der Waals surface area (Å²) in [5.74, 6) is 1.31. The van der Waals surface area contributed by atoms with E-state index in [0.717, 1.165) is 30.0 Å². The summed E-state index contributed by atoms with van der Waals surface area (Å²) in [6.45, 7) is 0.623. The minimum atomic E-state index is -0.227. The van der Waals surface area contributed by atoms with Gasteiger partial charge in [0.1, 0.15) is 22.3 Å². The summed E-state index contributed by atoms with van der Waals surface area (Å²) >= 11 is 6.29. The molecule has 0 aliphatic heterocycles. The van der Waals surface area contributed by atoms with Gasteiger partial charge in [-0.15, -0.1) is 0 Å². The standard InChI is InChI=1S/C21H24ClN5O3/c1-26(12-13-4-6-14(29-2)7-5-13)19-10-18(22)25-20-15(11-23-27(19)20)21(28)24-16-8-9-17(16)30-3/h4-7,10-11,16-17H,8-9,12H2,1-3H3,(H,24,28)/t16-,17-/m1/s1. The molecule has 1 N–H and O–H groups in total. The van der Waals surface area contributed by atoms with Crippen molar-refractivity contribution in [3.8, 4) is 5.75 Å². The number of anilines is 1. The summed E-state index contributed by atoms with van der Waals surface area (Å²) in [5, 5.41) is 7.71. The van der Waals surface area contributed by atoms with E-state index in [4.69, 9.17) is 21.1 Å². The van der Waals surface area contributed by atoms with Gasteiger partial charge in [0.2, 0.25) is 0 Å². The number of benzene rings is 1. The smallest absolute Gasteiger partial charge is 0.257 e. The van der Waals surface area contributed by atoms with Gasteiger partial charge in [0.25, 0.3) is 5.91 Å². The Bertz CT molecular complexity index is 1050. The van der Waals surface area contributed by atoms with Crippen molar-refractivity contribution in [1.82, 2.24) is 19.9 Å². The van der Waals surface area contributed by atoms with Crippen LogP contribution in [-0.4, -0.2) is 53.9 Å². The van der Waals surface area contributed by atoms with Crippen molar-refractivity contribution in [3.05, 3.63) is 52.8 Å². The number of hydrogen-bond donors (Lipinski definition) is 1. The van der Waals surface area contributed by atoms with Gasteiger partial charge in [0.15, 0.2) is 5.65 Å². The second kappa shape index (κ2) is 8.49. The Hall–Kier alpha value is -2.84. The fourth-order valence-corrected chi connectivity index (χ4v) is 3.78. The molecule has 158 valence electrons. The number of nitrogens with one attached hydrogen (secondary N) is 1. The van der Waals surface area contributed by atoms with Crippen LogP contribution in [0.15, 0.2) is 36.5 Å². The van der Waals surface area contributed by atoms with E-state index < -0.39 is 0 Å². The molecule has 3 aromatic rings. The van der Waals surface area contributed by atoms with E-state index >= 15 is 0 Å². The van der Waals surface area contributed by atoms with Crippen LogP contribution in [0.1, 0.15) is 28.8 Å². The van der Waals surface area contributed by atoms with Crippen LogP contribution in [0, 0.1) is 0 Å². The Labute approximate surface area is 179 Å². The van der Waals surface area contributed by atoms with E-state index in [-0.39, 0.29) is 18.1 Å². The lowest BCUT2D eigenvalue weighted by Crippen LogP contribution is -2.51. The minimum absolute atomic E-state index is 0.00819. The lowest BCUT2D eigenvalue weighted by molar-refractivity contribution is 0.00732. The van der Waals surface area contributed by atoms with Gasteiger partial charge in [-0.3, -0.25) is 4.79 Å². The first-order chi connectivity index (χ1) is 14.5. The first-order valence-electron chi connectivity index (χ1n) is 9.72. The molecule has 8 nitrogen and oxygen atoms in total. The molecule has 1 fully saturated rings. The molecule has 30 heavy (non-hydrogen) atoms. The summed E-state index contributed by atoms with van der Waals surface area (Å²) in [5.41, 5.74) is 1.91. The van der Waals surface area contributed by atoms with E-state index in [1.54, 1.807) is 24.8 Å². The largest absolute Gasteiger partial charge is 0.497 e. The van der Waals surface area contributed by atoms with Gasteiger partial charge in [0, 0.05) is 26.8 Å². The SMILES string of the molecule is COc1ccc(CN(C)c2cc(Cl)nc3c(C(=O)N[C@@H]4CC[C@H]4OC)cnn23)cc1. The number of amides is 1. The third-order valence-corrected chi connectivity index (χ3v) is 5.66. The van der Waals surface area contributed by atoms with Gasteiger partial charge >= 0.3 is 0 Å². The van der Waals surface area contributed by atoms with E-state index in [1.165, 1.54) is 6.20 Å². The van der Waals surface area contributed by atoms with E-state index in [9.17, 15) is 4.79 Å². The van der Waals surface area contributed by atoms with Gasteiger partial charge in [-0.05, 0) is 30.5 Å². The fourth-order valence-electron chi connectivity index (χ4n) is 3.60. The molecule has 2 heterocycles. The molecular weight excluding hydrogens is 406 g/mol. The number of ether oxygens (including phenoxy) is 2. The molecule has 1 aliphatic rings. The lowest BCUT2D eigenvalue weighted by Gasteiger charge is -2.35.